The zero-order valence-corrected chi connectivity index (χ0v) is 16.8. The summed E-state index contributed by atoms with van der Waals surface area (Å²) in [4.78, 5) is 24.4. The van der Waals surface area contributed by atoms with Gasteiger partial charge in [0.2, 0.25) is 10.0 Å². The Kier molecular flexibility index (Phi) is 5.41. The van der Waals surface area contributed by atoms with Gasteiger partial charge in [0.1, 0.15) is 16.4 Å². The van der Waals surface area contributed by atoms with Crippen LogP contribution < -0.4 is 0 Å². The lowest BCUT2D eigenvalue weighted by atomic mass is 10.1. The average molecular weight is 426 g/mol. The van der Waals surface area contributed by atoms with Crippen LogP contribution in [0.2, 0.25) is 0 Å². The number of carbonyl (C=O) groups is 1. The van der Waals surface area contributed by atoms with Gasteiger partial charge in [-0.3, -0.25) is 14.9 Å². The Morgan fingerprint density at radius 1 is 1.21 bits per heavy atom. The van der Waals surface area contributed by atoms with Crippen molar-refractivity contribution in [3.63, 3.8) is 0 Å². The molecule has 1 saturated heterocycles. The van der Waals surface area contributed by atoms with Crippen molar-refractivity contribution in [3.8, 4) is 0 Å². The molecule has 1 aromatic carbocycles. The lowest BCUT2D eigenvalue weighted by Crippen LogP contribution is -2.50. The quantitative estimate of drug-likeness (QED) is 0.539. The molecule has 156 valence electrons. The lowest BCUT2D eigenvalue weighted by molar-refractivity contribution is -0.385. The molecule has 1 amide bonds. The summed E-state index contributed by atoms with van der Waals surface area (Å²) in [7, 11) is -3.83. The van der Waals surface area contributed by atoms with Crippen molar-refractivity contribution >= 4 is 21.6 Å². The minimum atomic E-state index is -3.83. The van der Waals surface area contributed by atoms with Gasteiger partial charge in [-0.25, -0.2) is 12.8 Å². The summed E-state index contributed by atoms with van der Waals surface area (Å²) in [5, 5.41) is 14.7. The fourth-order valence-corrected chi connectivity index (χ4v) is 4.98. The van der Waals surface area contributed by atoms with E-state index in [1.807, 2.05) is 0 Å². The van der Waals surface area contributed by atoms with E-state index in [0.717, 1.165) is 12.1 Å². The van der Waals surface area contributed by atoms with Gasteiger partial charge < -0.3 is 9.42 Å². The number of nitrogens with zero attached hydrogens (tertiary/aromatic N) is 4. The Morgan fingerprint density at radius 3 is 2.34 bits per heavy atom. The summed E-state index contributed by atoms with van der Waals surface area (Å²) < 4.78 is 45.8. The molecule has 0 atom stereocenters. The van der Waals surface area contributed by atoms with E-state index >= 15 is 0 Å². The fraction of sp³-hybridized carbons (Fsp3) is 0.412. The van der Waals surface area contributed by atoms with Gasteiger partial charge in [-0.15, -0.1) is 0 Å². The summed E-state index contributed by atoms with van der Waals surface area (Å²) in [6.45, 7) is 4.46. The molecule has 10 nitrogen and oxygen atoms in total. The number of piperazine rings is 1. The standard InChI is InChI=1S/C17H19FN4O6S/c1-10-14(18)8-13(9-15(10)22(24)25)17(23)20-4-6-21(7-5-20)29(26,27)16-11(2)19-28-12(16)3/h8-9H,4-7H2,1-3H3. The Labute approximate surface area is 166 Å². The van der Waals surface area contributed by atoms with E-state index in [1.165, 1.54) is 30.0 Å². The molecule has 12 heteroatoms. The molecular formula is C17H19FN4O6S. The highest BCUT2D eigenvalue weighted by Gasteiger charge is 2.34. The molecule has 0 N–H and O–H groups in total. The molecule has 1 aliphatic rings. The Hall–Kier alpha value is -2.86. The minimum Gasteiger partial charge on any atom is -0.360 e. The molecule has 2 aromatic rings. The van der Waals surface area contributed by atoms with Crippen LogP contribution in [-0.4, -0.2) is 59.8 Å². The first-order valence-electron chi connectivity index (χ1n) is 8.71. The molecule has 0 aliphatic carbocycles. The highest BCUT2D eigenvalue weighted by Crippen LogP contribution is 2.26. The predicted octanol–water partition coefficient (Wildman–Crippen LogP) is 1.79. The summed E-state index contributed by atoms with van der Waals surface area (Å²) in [5.74, 6) is -1.26. The topological polar surface area (TPSA) is 127 Å². The average Bonchev–Trinajstić information content (AvgIpc) is 3.02. The Bertz CT molecular complexity index is 1070. The highest BCUT2D eigenvalue weighted by molar-refractivity contribution is 7.89. The maximum absolute atomic E-state index is 14.0. The third-order valence-corrected chi connectivity index (χ3v) is 7.00. The van der Waals surface area contributed by atoms with Crippen molar-refractivity contribution in [2.24, 2.45) is 0 Å². The molecule has 1 aromatic heterocycles. The molecule has 0 radical (unpaired) electrons. The number of nitro groups is 1. The summed E-state index contributed by atoms with van der Waals surface area (Å²) in [5.41, 5.74) is -0.528. The monoisotopic (exact) mass is 426 g/mol. The number of benzene rings is 1. The number of hydrogen-bond donors (Lipinski definition) is 0. The largest absolute Gasteiger partial charge is 0.360 e. The lowest BCUT2D eigenvalue weighted by Gasteiger charge is -2.34. The van der Waals surface area contributed by atoms with Gasteiger partial charge in [0, 0.05) is 37.8 Å². The maximum atomic E-state index is 14.0. The van der Waals surface area contributed by atoms with E-state index in [0.29, 0.717) is 0 Å². The molecule has 1 aliphatic heterocycles. The van der Waals surface area contributed by atoms with Crippen molar-refractivity contribution in [2.75, 3.05) is 26.2 Å². The number of sulfonamides is 1. The molecule has 1 fully saturated rings. The Morgan fingerprint density at radius 2 is 1.83 bits per heavy atom. The van der Waals surface area contributed by atoms with E-state index in [1.54, 1.807) is 0 Å². The van der Waals surface area contributed by atoms with Crippen LogP contribution in [-0.2, 0) is 10.0 Å². The Balaban J connectivity index is 1.78. The molecule has 0 bridgehead atoms. The first kappa shape index (κ1) is 20.9. The van der Waals surface area contributed by atoms with E-state index in [4.69, 9.17) is 4.52 Å². The smallest absolute Gasteiger partial charge is 0.276 e. The number of hydrogen-bond acceptors (Lipinski definition) is 7. The van der Waals surface area contributed by atoms with Crippen LogP contribution >= 0.6 is 0 Å². The van der Waals surface area contributed by atoms with Crippen molar-refractivity contribution in [1.82, 2.24) is 14.4 Å². The zero-order chi connectivity index (χ0) is 21.5. The van der Waals surface area contributed by atoms with Crippen LogP contribution in [0.4, 0.5) is 10.1 Å². The molecule has 29 heavy (non-hydrogen) atoms. The van der Waals surface area contributed by atoms with Crippen molar-refractivity contribution in [1.29, 1.82) is 0 Å². The number of aryl methyl sites for hydroxylation is 2. The van der Waals surface area contributed by atoms with Gasteiger partial charge in [-0.05, 0) is 26.8 Å². The first-order chi connectivity index (χ1) is 13.5. The van der Waals surface area contributed by atoms with Gasteiger partial charge in [0.15, 0.2) is 5.76 Å². The number of amides is 1. The third-order valence-electron chi connectivity index (χ3n) is 4.85. The van der Waals surface area contributed by atoms with E-state index in [9.17, 15) is 27.7 Å². The normalized spacial score (nSPS) is 15.5. The van der Waals surface area contributed by atoms with Crippen molar-refractivity contribution in [3.05, 3.63) is 50.6 Å². The summed E-state index contributed by atoms with van der Waals surface area (Å²) >= 11 is 0. The predicted molar refractivity (Wildman–Crippen MR) is 98.4 cm³/mol. The molecule has 3 rings (SSSR count). The van der Waals surface area contributed by atoms with Crippen LogP contribution in [0.25, 0.3) is 0 Å². The zero-order valence-electron chi connectivity index (χ0n) is 16.0. The summed E-state index contributed by atoms with van der Waals surface area (Å²) in [6.07, 6.45) is 0. The maximum Gasteiger partial charge on any atom is 0.276 e. The molecule has 0 unspecified atom stereocenters. The number of nitro benzene ring substituents is 1. The van der Waals surface area contributed by atoms with Crippen LogP contribution in [0.5, 0.6) is 0 Å². The van der Waals surface area contributed by atoms with Crippen LogP contribution in [0.15, 0.2) is 21.6 Å². The van der Waals surface area contributed by atoms with Crippen LogP contribution in [0, 0.1) is 36.7 Å². The number of aromatic nitrogens is 1. The molecular weight excluding hydrogens is 407 g/mol. The second-order valence-corrected chi connectivity index (χ2v) is 8.58. The third kappa shape index (κ3) is 3.72. The molecule has 0 spiro atoms. The first-order valence-corrected chi connectivity index (χ1v) is 10.1. The highest BCUT2D eigenvalue weighted by atomic mass is 32.2. The van der Waals surface area contributed by atoms with Crippen LogP contribution in [0.1, 0.15) is 27.4 Å². The van der Waals surface area contributed by atoms with Gasteiger partial charge in [0.05, 0.1) is 10.5 Å². The fourth-order valence-electron chi connectivity index (χ4n) is 3.26. The number of halogens is 1. The van der Waals surface area contributed by atoms with Crippen molar-refractivity contribution in [2.45, 2.75) is 25.7 Å². The van der Waals surface area contributed by atoms with Gasteiger partial charge in [0.25, 0.3) is 11.6 Å². The van der Waals surface area contributed by atoms with Gasteiger partial charge in [-0.2, -0.15) is 4.31 Å². The summed E-state index contributed by atoms with van der Waals surface area (Å²) in [6, 6.07) is 1.99. The number of carbonyl (C=O) groups excluding carboxylic acids is 1. The molecule has 0 saturated carbocycles. The van der Waals surface area contributed by atoms with E-state index in [-0.39, 0.29) is 53.7 Å². The van der Waals surface area contributed by atoms with E-state index in [2.05, 4.69) is 5.16 Å². The van der Waals surface area contributed by atoms with Crippen molar-refractivity contribution < 1.29 is 27.0 Å². The second-order valence-electron chi connectivity index (χ2n) is 6.71. The second kappa shape index (κ2) is 7.52. The molecule has 2 heterocycles. The minimum absolute atomic E-state index is 0.00788. The number of rotatable bonds is 4. The van der Waals surface area contributed by atoms with Crippen LogP contribution in [0.3, 0.4) is 0 Å². The van der Waals surface area contributed by atoms with Gasteiger partial charge in [-0.1, -0.05) is 5.16 Å². The van der Waals surface area contributed by atoms with Gasteiger partial charge >= 0.3 is 0 Å². The van der Waals surface area contributed by atoms with E-state index < -0.39 is 32.4 Å². The SMILES string of the molecule is Cc1noc(C)c1S(=O)(=O)N1CCN(C(=O)c2cc(F)c(C)c([N+](=O)[O-])c2)CC1.